The predicted molar refractivity (Wildman–Crippen MR) is 95.3 cm³/mol. The monoisotopic (exact) mass is 355 g/mol. The smallest absolute Gasteiger partial charge is 0.323 e. The van der Waals surface area contributed by atoms with Gasteiger partial charge in [-0.3, -0.25) is 9.69 Å². The lowest BCUT2D eigenvalue weighted by molar-refractivity contribution is -0.146. The second-order valence-electron chi connectivity index (χ2n) is 7.33. The van der Waals surface area contributed by atoms with Crippen molar-refractivity contribution in [1.82, 2.24) is 15.0 Å². The van der Waals surface area contributed by atoms with Crippen molar-refractivity contribution in [2.24, 2.45) is 5.92 Å². The Morgan fingerprint density at radius 2 is 2.08 bits per heavy atom. The van der Waals surface area contributed by atoms with E-state index in [0.717, 1.165) is 18.4 Å². The molecule has 138 valence electrons. The van der Waals surface area contributed by atoms with Gasteiger partial charge >= 0.3 is 5.97 Å². The summed E-state index contributed by atoms with van der Waals surface area (Å²) in [5.41, 5.74) is 1.15. The lowest BCUT2D eigenvalue weighted by Crippen LogP contribution is -2.42. The van der Waals surface area contributed by atoms with E-state index >= 15 is 0 Å². The Labute approximate surface area is 153 Å². The van der Waals surface area contributed by atoms with Crippen LogP contribution in [0.25, 0.3) is 0 Å². The average molecular weight is 355 g/mol. The first-order valence-electron chi connectivity index (χ1n) is 9.43. The molecule has 1 saturated heterocycles. The molecule has 2 aliphatic rings. The van der Waals surface area contributed by atoms with Crippen molar-refractivity contribution in [3.8, 4) is 0 Å². The second-order valence-corrected chi connectivity index (χ2v) is 7.33. The highest BCUT2D eigenvalue weighted by Crippen LogP contribution is 2.40. The summed E-state index contributed by atoms with van der Waals surface area (Å²) in [6.45, 7) is 0.517. The van der Waals surface area contributed by atoms with Crippen molar-refractivity contribution >= 4 is 5.97 Å². The second kappa shape index (κ2) is 7.58. The van der Waals surface area contributed by atoms with Crippen molar-refractivity contribution in [3.63, 3.8) is 0 Å². The van der Waals surface area contributed by atoms with Gasteiger partial charge in [0.2, 0.25) is 5.89 Å². The maximum Gasteiger partial charge on any atom is 0.323 e. The number of esters is 1. The number of carbonyl (C=O) groups is 1. The zero-order valence-electron chi connectivity index (χ0n) is 15.1. The lowest BCUT2D eigenvalue weighted by atomic mass is 9.85. The molecule has 1 aliphatic heterocycles. The minimum Gasteiger partial charge on any atom is -0.468 e. The Bertz CT molecular complexity index is 746. The number of ether oxygens (including phenoxy) is 1. The fourth-order valence-electron chi connectivity index (χ4n) is 4.51. The molecule has 4 rings (SSSR count). The molecular weight excluding hydrogens is 330 g/mol. The summed E-state index contributed by atoms with van der Waals surface area (Å²) in [7, 11) is 1.47. The van der Waals surface area contributed by atoms with Crippen LogP contribution in [0.3, 0.4) is 0 Å². The molecule has 2 aromatic rings. The SMILES string of the molecule is COC(=O)[C@@H]1C[C@H]2CCCC[C@H]2N1Cc1nc(Cc2ccccc2)no1. The normalized spacial score (nSPS) is 25.8. The van der Waals surface area contributed by atoms with Crippen LogP contribution in [0, 0.1) is 5.92 Å². The number of nitrogens with zero attached hydrogens (tertiary/aromatic N) is 3. The zero-order valence-corrected chi connectivity index (χ0v) is 15.1. The molecule has 1 aliphatic carbocycles. The minimum atomic E-state index is -0.197. The van der Waals surface area contributed by atoms with Gasteiger partial charge in [-0.15, -0.1) is 0 Å². The minimum absolute atomic E-state index is 0.150. The van der Waals surface area contributed by atoms with Gasteiger partial charge in [-0.1, -0.05) is 48.3 Å². The fraction of sp³-hybridized carbons (Fsp3) is 0.550. The Hall–Kier alpha value is -2.21. The molecule has 0 unspecified atom stereocenters. The fourth-order valence-corrected chi connectivity index (χ4v) is 4.51. The molecule has 1 saturated carbocycles. The van der Waals surface area contributed by atoms with Crippen LogP contribution in [0.1, 0.15) is 49.4 Å². The molecule has 0 spiro atoms. The molecule has 1 aromatic heterocycles. The number of rotatable bonds is 5. The maximum absolute atomic E-state index is 12.3. The highest BCUT2D eigenvalue weighted by Gasteiger charge is 2.46. The van der Waals surface area contributed by atoms with E-state index in [9.17, 15) is 4.79 Å². The standard InChI is InChI=1S/C20H25N3O3/c1-25-20(24)17-12-15-9-5-6-10-16(15)23(17)13-19-21-18(22-26-19)11-14-7-3-2-4-8-14/h2-4,7-8,15-17H,5-6,9-13H2,1H3/t15-,16-,17+/m1/s1. The molecule has 3 atom stereocenters. The molecule has 26 heavy (non-hydrogen) atoms. The molecular formula is C20H25N3O3. The average Bonchev–Trinajstić information content (AvgIpc) is 3.27. The van der Waals surface area contributed by atoms with Crippen molar-refractivity contribution < 1.29 is 14.1 Å². The molecule has 1 aromatic carbocycles. The number of fused-ring (bicyclic) bond motifs is 1. The van der Waals surface area contributed by atoms with Gasteiger partial charge in [0.05, 0.1) is 13.7 Å². The van der Waals surface area contributed by atoms with Gasteiger partial charge in [-0.05, 0) is 30.7 Å². The largest absolute Gasteiger partial charge is 0.468 e. The lowest BCUT2D eigenvalue weighted by Gasteiger charge is -2.32. The topological polar surface area (TPSA) is 68.5 Å². The van der Waals surface area contributed by atoms with E-state index in [4.69, 9.17) is 9.26 Å². The molecule has 2 fully saturated rings. The van der Waals surface area contributed by atoms with E-state index in [2.05, 4.69) is 27.2 Å². The third-order valence-corrected chi connectivity index (χ3v) is 5.73. The van der Waals surface area contributed by atoms with Gasteiger partial charge in [0.25, 0.3) is 0 Å². The number of hydrogen-bond acceptors (Lipinski definition) is 6. The van der Waals surface area contributed by atoms with E-state index in [-0.39, 0.29) is 12.0 Å². The van der Waals surface area contributed by atoms with Crippen molar-refractivity contribution in [2.45, 2.75) is 57.2 Å². The number of benzene rings is 1. The van der Waals surface area contributed by atoms with Gasteiger partial charge in [-0.2, -0.15) is 4.98 Å². The van der Waals surface area contributed by atoms with E-state index < -0.39 is 0 Å². The van der Waals surface area contributed by atoms with E-state index in [1.165, 1.54) is 26.4 Å². The van der Waals surface area contributed by atoms with Crippen LogP contribution >= 0.6 is 0 Å². The molecule has 0 bridgehead atoms. The van der Waals surface area contributed by atoms with Crippen molar-refractivity contribution in [3.05, 3.63) is 47.6 Å². The summed E-state index contributed by atoms with van der Waals surface area (Å²) in [4.78, 5) is 19.1. The number of carbonyl (C=O) groups excluding carboxylic acids is 1. The van der Waals surface area contributed by atoms with Gasteiger partial charge < -0.3 is 9.26 Å². The van der Waals surface area contributed by atoms with Gasteiger partial charge in [0.1, 0.15) is 6.04 Å². The van der Waals surface area contributed by atoms with Gasteiger partial charge in [0.15, 0.2) is 5.82 Å². The van der Waals surface area contributed by atoms with Crippen LogP contribution in [0.15, 0.2) is 34.9 Å². The molecule has 0 amide bonds. The third kappa shape index (κ3) is 3.51. The quantitative estimate of drug-likeness (QED) is 0.768. The first-order chi connectivity index (χ1) is 12.7. The highest BCUT2D eigenvalue weighted by atomic mass is 16.5. The van der Waals surface area contributed by atoms with E-state index in [1.807, 2.05) is 18.2 Å². The summed E-state index contributed by atoms with van der Waals surface area (Å²) < 4.78 is 10.5. The van der Waals surface area contributed by atoms with Crippen molar-refractivity contribution in [2.75, 3.05) is 7.11 Å². The van der Waals surface area contributed by atoms with E-state index in [0.29, 0.717) is 36.6 Å². The number of likely N-dealkylation sites (tertiary alicyclic amines) is 1. The number of hydrogen-bond donors (Lipinski definition) is 0. The van der Waals surface area contributed by atoms with Crippen LogP contribution in [0.2, 0.25) is 0 Å². The first-order valence-corrected chi connectivity index (χ1v) is 9.43. The Morgan fingerprint density at radius 1 is 1.27 bits per heavy atom. The number of aromatic nitrogens is 2. The zero-order chi connectivity index (χ0) is 17.9. The summed E-state index contributed by atoms with van der Waals surface area (Å²) >= 11 is 0. The highest BCUT2D eigenvalue weighted by molar-refractivity contribution is 5.76. The van der Waals surface area contributed by atoms with Crippen LogP contribution in [-0.4, -0.2) is 40.2 Å². The van der Waals surface area contributed by atoms with Crippen LogP contribution in [-0.2, 0) is 22.5 Å². The molecule has 0 N–H and O–H groups in total. The first kappa shape index (κ1) is 17.2. The Kier molecular flexibility index (Phi) is 5.02. The Morgan fingerprint density at radius 3 is 2.88 bits per heavy atom. The van der Waals surface area contributed by atoms with Crippen molar-refractivity contribution in [1.29, 1.82) is 0 Å². The molecule has 6 nitrogen and oxygen atoms in total. The van der Waals surface area contributed by atoms with Crippen LogP contribution in [0.4, 0.5) is 0 Å². The number of methoxy groups -OCH3 is 1. The maximum atomic E-state index is 12.3. The summed E-state index contributed by atoms with van der Waals surface area (Å²) in [5, 5.41) is 4.12. The van der Waals surface area contributed by atoms with Gasteiger partial charge in [0, 0.05) is 12.5 Å². The van der Waals surface area contributed by atoms with Crippen LogP contribution in [0.5, 0.6) is 0 Å². The predicted octanol–water partition coefficient (Wildman–Crippen LogP) is 2.97. The molecule has 0 radical (unpaired) electrons. The summed E-state index contributed by atoms with van der Waals surface area (Å²) in [5.74, 6) is 1.68. The molecule has 6 heteroatoms. The Balaban J connectivity index is 1.48. The summed E-state index contributed by atoms with van der Waals surface area (Å²) in [6, 6.07) is 10.3. The third-order valence-electron chi connectivity index (χ3n) is 5.73. The van der Waals surface area contributed by atoms with Gasteiger partial charge in [-0.25, -0.2) is 0 Å². The van der Waals surface area contributed by atoms with Crippen LogP contribution < -0.4 is 0 Å². The summed E-state index contributed by atoms with van der Waals surface area (Å²) in [6.07, 6.45) is 6.32. The molecule has 2 heterocycles. The van der Waals surface area contributed by atoms with E-state index in [1.54, 1.807) is 0 Å².